The van der Waals surface area contributed by atoms with Crippen LogP contribution in [0, 0.1) is 0 Å². The van der Waals surface area contributed by atoms with Gasteiger partial charge in [0.25, 0.3) is 0 Å². The molecule has 0 unspecified atom stereocenters. The number of ether oxygens (including phenoxy) is 1. The van der Waals surface area contributed by atoms with E-state index in [1.54, 1.807) is 25.1 Å². The topological polar surface area (TPSA) is 63.7 Å². The predicted molar refractivity (Wildman–Crippen MR) is 75.3 cm³/mol. The zero-order valence-electron chi connectivity index (χ0n) is 10.0. The van der Waals surface area contributed by atoms with Crippen molar-refractivity contribution in [3.05, 3.63) is 24.0 Å². The van der Waals surface area contributed by atoms with Gasteiger partial charge in [-0.3, -0.25) is 4.98 Å². The van der Waals surface area contributed by atoms with Crippen LogP contribution in [0.25, 0.3) is 0 Å². The molecule has 0 bridgehead atoms. The van der Waals surface area contributed by atoms with E-state index >= 15 is 0 Å². The molecule has 1 aromatic rings. The summed E-state index contributed by atoms with van der Waals surface area (Å²) in [7, 11) is 3.54. The summed E-state index contributed by atoms with van der Waals surface area (Å²) >= 11 is 0. The number of rotatable bonds is 4. The Morgan fingerprint density at radius 1 is 1.50 bits per heavy atom. The van der Waals surface area contributed by atoms with Crippen LogP contribution in [-0.4, -0.2) is 36.6 Å². The molecule has 0 fully saturated rings. The van der Waals surface area contributed by atoms with Gasteiger partial charge in [-0.1, -0.05) is 0 Å². The van der Waals surface area contributed by atoms with Crippen LogP contribution in [0.1, 0.15) is 5.69 Å². The fraction of sp³-hybridized carbons (Fsp3) is 0.400. The quantitative estimate of drug-likeness (QED) is 0.496. The lowest BCUT2D eigenvalue weighted by Gasteiger charge is -2.10. The van der Waals surface area contributed by atoms with Crippen molar-refractivity contribution in [2.75, 3.05) is 14.1 Å². The zero-order chi connectivity index (χ0) is 12.8. The van der Waals surface area contributed by atoms with Crippen molar-refractivity contribution in [3.8, 4) is 5.75 Å². The molecule has 0 aliphatic carbocycles. The molecule has 8 heteroatoms. The van der Waals surface area contributed by atoms with Crippen LogP contribution >= 0.6 is 24.0 Å². The molecular formula is C10H15F2IN4O. The first-order chi connectivity index (χ1) is 7.99. The Bertz CT molecular complexity index is 384. The average molecular weight is 372 g/mol. The van der Waals surface area contributed by atoms with E-state index in [-0.39, 0.29) is 29.7 Å². The summed E-state index contributed by atoms with van der Waals surface area (Å²) in [5.41, 5.74) is 6.21. The van der Waals surface area contributed by atoms with Gasteiger partial charge in [0.2, 0.25) is 0 Å². The monoisotopic (exact) mass is 372 g/mol. The molecule has 1 rings (SSSR count). The minimum absolute atomic E-state index is 0. The molecule has 5 nitrogen and oxygen atoms in total. The highest BCUT2D eigenvalue weighted by Gasteiger charge is 2.04. The summed E-state index contributed by atoms with van der Waals surface area (Å²) in [6.07, 6.45) is 1.23. The summed E-state index contributed by atoms with van der Waals surface area (Å²) in [4.78, 5) is 9.64. The van der Waals surface area contributed by atoms with Crippen molar-refractivity contribution in [1.82, 2.24) is 9.88 Å². The highest BCUT2D eigenvalue weighted by Crippen LogP contribution is 2.12. The van der Waals surface area contributed by atoms with Gasteiger partial charge in [-0.2, -0.15) is 8.78 Å². The summed E-state index contributed by atoms with van der Waals surface area (Å²) in [6, 6.07) is 2.97. The minimum Gasteiger partial charge on any atom is -0.433 e. The molecule has 0 amide bonds. The van der Waals surface area contributed by atoms with Gasteiger partial charge in [-0.25, -0.2) is 4.99 Å². The lowest BCUT2D eigenvalue weighted by Crippen LogP contribution is -2.30. The molecule has 2 N–H and O–H groups in total. The molecule has 0 saturated heterocycles. The number of nitrogens with two attached hydrogens (primary N) is 1. The average Bonchev–Trinajstić information content (AvgIpc) is 2.26. The van der Waals surface area contributed by atoms with Crippen LogP contribution in [0.3, 0.4) is 0 Å². The first-order valence-electron chi connectivity index (χ1n) is 4.86. The van der Waals surface area contributed by atoms with Gasteiger partial charge in [0.15, 0.2) is 5.96 Å². The third-order valence-electron chi connectivity index (χ3n) is 1.88. The maximum atomic E-state index is 11.9. The number of guanidine groups is 1. The lowest BCUT2D eigenvalue weighted by molar-refractivity contribution is -0.0500. The van der Waals surface area contributed by atoms with Gasteiger partial charge >= 0.3 is 6.61 Å². The summed E-state index contributed by atoms with van der Waals surface area (Å²) in [5, 5.41) is 0. The Morgan fingerprint density at radius 2 is 2.17 bits per heavy atom. The van der Waals surface area contributed by atoms with Crippen molar-refractivity contribution in [3.63, 3.8) is 0 Å². The predicted octanol–water partition coefficient (Wildman–Crippen LogP) is 1.68. The maximum absolute atomic E-state index is 11.9. The van der Waals surface area contributed by atoms with Gasteiger partial charge in [-0.05, 0) is 12.1 Å². The maximum Gasteiger partial charge on any atom is 0.387 e. The van der Waals surface area contributed by atoms with E-state index in [2.05, 4.69) is 14.7 Å². The molecule has 1 aromatic heterocycles. The number of halogens is 3. The van der Waals surface area contributed by atoms with E-state index in [1.165, 1.54) is 12.3 Å². The van der Waals surface area contributed by atoms with E-state index in [4.69, 9.17) is 5.73 Å². The number of aliphatic imine (C=N–C) groups is 1. The number of aromatic nitrogens is 1. The molecular weight excluding hydrogens is 357 g/mol. The lowest BCUT2D eigenvalue weighted by atomic mass is 10.3. The SMILES string of the molecule is CN(C)C(N)=NCc1ccc(OC(F)F)cn1.I. The number of alkyl halides is 2. The van der Waals surface area contributed by atoms with Crippen LogP contribution in [0.5, 0.6) is 5.75 Å². The van der Waals surface area contributed by atoms with Crippen molar-refractivity contribution >= 4 is 29.9 Å². The molecule has 102 valence electrons. The largest absolute Gasteiger partial charge is 0.433 e. The van der Waals surface area contributed by atoms with Crippen molar-refractivity contribution in [2.24, 2.45) is 10.7 Å². The van der Waals surface area contributed by atoms with Gasteiger partial charge in [0.1, 0.15) is 5.75 Å². The fourth-order valence-corrected chi connectivity index (χ4v) is 0.980. The van der Waals surface area contributed by atoms with Gasteiger partial charge < -0.3 is 15.4 Å². The Hall–Kier alpha value is -1.19. The molecule has 0 radical (unpaired) electrons. The first kappa shape index (κ1) is 16.8. The molecule has 0 spiro atoms. The molecule has 0 aromatic carbocycles. The number of nitrogens with zero attached hydrogens (tertiary/aromatic N) is 3. The molecule has 18 heavy (non-hydrogen) atoms. The smallest absolute Gasteiger partial charge is 0.387 e. The van der Waals surface area contributed by atoms with E-state index < -0.39 is 6.61 Å². The highest BCUT2D eigenvalue weighted by atomic mass is 127. The van der Waals surface area contributed by atoms with Crippen LogP contribution in [0.15, 0.2) is 23.3 Å². The molecule has 0 aliphatic heterocycles. The third kappa shape index (κ3) is 5.94. The van der Waals surface area contributed by atoms with Gasteiger partial charge in [0, 0.05) is 14.1 Å². The summed E-state index contributed by atoms with van der Waals surface area (Å²) < 4.78 is 27.9. The summed E-state index contributed by atoms with van der Waals surface area (Å²) in [5.74, 6) is 0.396. The second-order valence-electron chi connectivity index (χ2n) is 3.43. The number of pyridine rings is 1. The normalized spacial score (nSPS) is 11.1. The number of hydrogen-bond acceptors (Lipinski definition) is 3. The highest BCUT2D eigenvalue weighted by molar-refractivity contribution is 14.0. The minimum atomic E-state index is -2.84. The third-order valence-corrected chi connectivity index (χ3v) is 1.88. The molecule has 0 atom stereocenters. The van der Waals surface area contributed by atoms with E-state index in [1.807, 2.05) is 0 Å². The zero-order valence-corrected chi connectivity index (χ0v) is 12.3. The van der Waals surface area contributed by atoms with E-state index in [9.17, 15) is 8.78 Å². The van der Waals surface area contributed by atoms with E-state index in [0.29, 0.717) is 18.2 Å². The van der Waals surface area contributed by atoms with Crippen molar-refractivity contribution in [2.45, 2.75) is 13.2 Å². The molecule has 0 aliphatic rings. The Labute approximate surface area is 121 Å². The Balaban J connectivity index is 0.00000289. The Morgan fingerprint density at radius 3 is 2.61 bits per heavy atom. The van der Waals surface area contributed by atoms with Crippen LogP contribution in [0.2, 0.25) is 0 Å². The number of hydrogen-bond donors (Lipinski definition) is 1. The standard InChI is InChI=1S/C10H14F2N4O.HI/c1-16(2)10(13)15-5-7-3-4-8(6-14-7)17-9(11)12;/h3-4,6,9H,5H2,1-2H3,(H2,13,15);1H. The summed E-state index contributed by atoms with van der Waals surface area (Å²) in [6.45, 7) is -2.55. The molecule has 1 heterocycles. The van der Waals surface area contributed by atoms with Crippen LogP contribution < -0.4 is 10.5 Å². The molecule has 0 saturated carbocycles. The van der Waals surface area contributed by atoms with E-state index in [0.717, 1.165) is 0 Å². The van der Waals surface area contributed by atoms with Gasteiger partial charge in [-0.15, -0.1) is 24.0 Å². The van der Waals surface area contributed by atoms with Crippen LogP contribution in [0.4, 0.5) is 8.78 Å². The van der Waals surface area contributed by atoms with Crippen molar-refractivity contribution in [1.29, 1.82) is 0 Å². The fourth-order valence-electron chi connectivity index (χ4n) is 0.980. The van der Waals surface area contributed by atoms with Crippen LogP contribution in [-0.2, 0) is 6.54 Å². The second kappa shape index (κ2) is 8.01. The second-order valence-corrected chi connectivity index (χ2v) is 3.43. The van der Waals surface area contributed by atoms with Gasteiger partial charge in [0.05, 0.1) is 18.4 Å². The van der Waals surface area contributed by atoms with Crippen molar-refractivity contribution < 1.29 is 13.5 Å². The Kier molecular flexibility index (Phi) is 7.48. The first-order valence-corrected chi connectivity index (χ1v) is 4.86.